The predicted molar refractivity (Wildman–Crippen MR) is 82.0 cm³/mol. The molecular formula is C16H19N3O. The van der Waals surface area contributed by atoms with Gasteiger partial charge in [0.05, 0.1) is 22.6 Å². The van der Waals surface area contributed by atoms with Crippen LogP contribution < -0.4 is 11.1 Å². The molecule has 3 N–H and O–H groups in total. The van der Waals surface area contributed by atoms with Gasteiger partial charge in [-0.3, -0.25) is 9.78 Å². The summed E-state index contributed by atoms with van der Waals surface area (Å²) in [6.45, 7) is 7.70. The molecule has 2 aromatic rings. The smallest absolute Gasteiger partial charge is 0.257 e. The zero-order chi connectivity index (χ0) is 14.9. The Morgan fingerprint density at radius 3 is 2.40 bits per heavy atom. The number of carbonyl (C=O) groups is 1. The topological polar surface area (TPSA) is 68.0 Å². The Bertz CT molecular complexity index is 678. The van der Waals surface area contributed by atoms with Gasteiger partial charge in [-0.25, -0.2) is 0 Å². The first kappa shape index (κ1) is 14.1. The van der Waals surface area contributed by atoms with Crippen LogP contribution in [0.5, 0.6) is 0 Å². The highest BCUT2D eigenvalue weighted by atomic mass is 16.1. The minimum atomic E-state index is -0.190. The second-order valence-electron chi connectivity index (χ2n) is 5.06. The summed E-state index contributed by atoms with van der Waals surface area (Å²) in [7, 11) is 0. The molecule has 20 heavy (non-hydrogen) atoms. The van der Waals surface area contributed by atoms with Gasteiger partial charge in [0.2, 0.25) is 0 Å². The van der Waals surface area contributed by atoms with Crippen molar-refractivity contribution in [1.29, 1.82) is 0 Å². The van der Waals surface area contributed by atoms with Crippen molar-refractivity contribution in [3.63, 3.8) is 0 Å². The van der Waals surface area contributed by atoms with E-state index in [9.17, 15) is 4.79 Å². The molecular weight excluding hydrogens is 250 g/mol. The summed E-state index contributed by atoms with van der Waals surface area (Å²) in [6.07, 6.45) is 0. The monoisotopic (exact) mass is 269 g/mol. The Hall–Kier alpha value is -2.36. The van der Waals surface area contributed by atoms with E-state index in [0.29, 0.717) is 22.6 Å². The molecule has 2 rings (SSSR count). The number of nitrogens with one attached hydrogen (secondary N) is 1. The molecule has 0 saturated carbocycles. The lowest BCUT2D eigenvalue weighted by atomic mass is 10.1. The SMILES string of the molecule is Cc1ccc(C(=O)Nc2cc(C)c(C)cc2N)c(C)n1. The third kappa shape index (κ3) is 2.79. The van der Waals surface area contributed by atoms with Gasteiger partial charge >= 0.3 is 0 Å². The van der Waals surface area contributed by atoms with Gasteiger partial charge in [-0.1, -0.05) is 0 Å². The number of aromatic nitrogens is 1. The lowest BCUT2D eigenvalue weighted by Crippen LogP contribution is -2.15. The third-order valence-electron chi connectivity index (χ3n) is 3.38. The Labute approximate surface area is 119 Å². The highest BCUT2D eigenvalue weighted by molar-refractivity contribution is 6.06. The van der Waals surface area contributed by atoms with Gasteiger partial charge in [0.1, 0.15) is 0 Å². The van der Waals surface area contributed by atoms with Crippen molar-refractivity contribution in [3.8, 4) is 0 Å². The van der Waals surface area contributed by atoms with E-state index < -0.39 is 0 Å². The molecule has 1 aromatic heterocycles. The quantitative estimate of drug-likeness (QED) is 0.823. The van der Waals surface area contributed by atoms with Gasteiger partial charge in [-0.15, -0.1) is 0 Å². The van der Waals surface area contributed by atoms with E-state index >= 15 is 0 Å². The van der Waals surface area contributed by atoms with Crippen LogP contribution in [0.3, 0.4) is 0 Å². The molecule has 0 aliphatic heterocycles. The van der Waals surface area contributed by atoms with Gasteiger partial charge in [0, 0.05) is 5.69 Å². The van der Waals surface area contributed by atoms with Crippen molar-refractivity contribution in [2.75, 3.05) is 11.1 Å². The molecule has 4 nitrogen and oxygen atoms in total. The maximum Gasteiger partial charge on any atom is 0.257 e. The summed E-state index contributed by atoms with van der Waals surface area (Å²) < 4.78 is 0. The van der Waals surface area contributed by atoms with Crippen LogP contribution in [0.2, 0.25) is 0 Å². The van der Waals surface area contributed by atoms with Crippen LogP contribution in [-0.4, -0.2) is 10.9 Å². The van der Waals surface area contributed by atoms with Crippen LogP contribution in [-0.2, 0) is 0 Å². The standard InChI is InChI=1S/C16H19N3O/c1-9-7-14(17)15(8-10(9)2)19-16(20)13-6-5-11(3)18-12(13)4/h5-8H,17H2,1-4H3,(H,19,20). The predicted octanol–water partition coefficient (Wildman–Crippen LogP) is 3.15. The lowest BCUT2D eigenvalue weighted by molar-refractivity contribution is 0.102. The number of hydrogen-bond acceptors (Lipinski definition) is 3. The van der Waals surface area contributed by atoms with E-state index in [0.717, 1.165) is 16.8 Å². The van der Waals surface area contributed by atoms with Gasteiger partial charge < -0.3 is 11.1 Å². The zero-order valence-corrected chi connectivity index (χ0v) is 12.2. The van der Waals surface area contributed by atoms with Crippen LogP contribution in [0.25, 0.3) is 0 Å². The van der Waals surface area contributed by atoms with E-state index in [1.165, 1.54) is 0 Å². The third-order valence-corrected chi connectivity index (χ3v) is 3.38. The van der Waals surface area contributed by atoms with Crippen molar-refractivity contribution in [3.05, 3.63) is 52.3 Å². The summed E-state index contributed by atoms with van der Waals surface area (Å²) in [6, 6.07) is 7.36. The fraction of sp³-hybridized carbons (Fsp3) is 0.250. The Morgan fingerprint density at radius 1 is 1.10 bits per heavy atom. The normalized spacial score (nSPS) is 10.4. The van der Waals surface area contributed by atoms with Gasteiger partial charge in [0.15, 0.2) is 0 Å². The van der Waals surface area contributed by atoms with Gasteiger partial charge in [-0.05, 0) is 63.1 Å². The molecule has 104 valence electrons. The number of rotatable bonds is 2. The molecule has 0 atom stereocenters. The second kappa shape index (κ2) is 5.33. The van der Waals surface area contributed by atoms with Gasteiger partial charge in [-0.2, -0.15) is 0 Å². The molecule has 0 fully saturated rings. The summed E-state index contributed by atoms with van der Waals surface area (Å²) in [5, 5.41) is 2.85. The molecule has 1 aromatic carbocycles. The van der Waals surface area contributed by atoms with Crippen molar-refractivity contribution < 1.29 is 4.79 Å². The number of nitrogens with two attached hydrogens (primary N) is 1. The molecule has 0 bridgehead atoms. The zero-order valence-electron chi connectivity index (χ0n) is 12.2. The van der Waals surface area contributed by atoms with E-state index in [4.69, 9.17) is 5.73 Å². The Balaban J connectivity index is 2.30. The molecule has 1 heterocycles. The minimum absolute atomic E-state index is 0.190. The van der Waals surface area contributed by atoms with Crippen molar-refractivity contribution in [2.45, 2.75) is 27.7 Å². The number of hydrogen-bond donors (Lipinski definition) is 2. The fourth-order valence-corrected chi connectivity index (χ4v) is 2.06. The number of aryl methyl sites for hydroxylation is 4. The first-order valence-electron chi connectivity index (χ1n) is 6.51. The number of nitrogen functional groups attached to an aromatic ring is 1. The molecule has 1 amide bonds. The Morgan fingerprint density at radius 2 is 1.75 bits per heavy atom. The maximum absolute atomic E-state index is 12.3. The van der Waals surface area contributed by atoms with Crippen LogP contribution in [0.4, 0.5) is 11.4 Å². The fourth-order valence-electron chi connectivity index (χ4n) is 2.06. The number of anilines is 2. The van der Waals surface area contributed by atoms with Gasteiger partial charge in [0.25, 0.3) is 5.91 Å². The number of amides is 1. The van der Waals surface area contributed by atoms with Crippen LogP contribution in [0.1, 0.15) is 32.9 Å². The first-order valence-corrected chi connectivity index (χ1v) is 6.51. The molecule has 0 aliphatic carbocycles. The van der Waals surface area contributed by atoms with Crippen molar-refractivity contribution in [1.82, 2.24) is 4.98 Å². The second-order valence-corrected chi connectivity index (χ2v) is 5.06. The summed E-state index contributed by atoms with van der Waals surface area (Å²) >= 11 is 0. The summed E-state index contributed by atoms with van der Waals surface area (Å²) in [5.74, 6) is -0.190. The lowest BCUT2D eigenvalue weighted by Gasteiger charge is -2.12. The number of benzene rings is 1. The average molecular weight is 269 g/mol. The van der Waals surface area contributed by atoms with Crippen molar-refractivity contribution >= 4 is 17.3 Å². The first-order chi connectivity index (χ1) is 9.38. The highest BCUT2D eigenvalue weighted by Crippen LogP contribution is 2.23. The van der Waals surface area contributed by atoms with E-state index in [1.54, 1.807) is 6.07 Å². The number of carbonyl (C=O) groups excluding carboxylic acids is 1. The minimum Gasteiger partial charge on any atom is -0.397 e. The summed E-state index contributed by atoms with van der Waals surface area (Å²) in [5.41, 5.74) is 11.5. The number of nitrogens with zero attached hydrogens (tertiary/aromatic N) is 1. The summed E-state index contributed by atoms with van der Waals surface area (Å²) in [4.78, 5) is 16.6. The molecule has 0 aliphatic rings. The molecule has 0 spiro atoms. The maximum atomic E-state index is 12.3. The Kier molecular flexibility index (Phi) is 3.74. The molecule has 4 heteroatoms. The van der Waals surface area contributed by atoms with Crippen LogP contribution >= 0.6 is 0 Å². The van der Waals surface area contributed by atoms with E-state index in [-0.39, 0.29) is 5.91 Å². The molecule has 0 saturated heterocycles. The van der Waals surface area contributed by atoms with E-state index in [1.807, 2.05) is 45.9 Å². The highest BCUT2D eigenvalue weighted by Gasteiger charge is 2.12. The van der Waals surface area contributed by atoms with E-state index in [2.05, 4.69) is 10.3 Å². The molecule has 0 unspecified atom stereocenters. The number of pyridine rings is 1. The van der Waals surface area contributed by atoms with Crippen molar-refractivity contribution in [2.24, 2.45) is 0 Å². The largest absolute Gasteiger partial charge is 0.397 e. The average Bonchev–Trinajstić information content (AvgIpc) is 2.35. The van der Waals surface area contributed by atoms with Crippen LogP contribution in [0.15, 0.2) is 24.3 Å². The van der Waals surface area contributed by atoms with Crippen LogP contribution in [0, 0.1) is 27.7 Å². The molecule has 0 radical (unpaired) electrons.